The summed E-state index contributed by atoms with van der Waals surface area (Å²) in [6.45, 7) is 4.09. The van der Waals surface area contributed by atoms with E-state index < -0.39 is 32.5 Å². The Morgan fingerprint density at radius 2 is 0.950 bits per heavy atom. The number of hydrogen-bond acceptors (Lipinski definition) is 8. The number of nitrogens with zero attached hydrogens (tertiary/aromatic N) is 1. The van der Waals surface area contributed by atoms with Crippen LogP contribution in [0.25, 0.3) is 0 Å². The second kappa shape index (κ2) is 42.0. The van der Waals surface area contributed by atoms with Crippen LogP contribution in [0.5, 0.6) is 0 Å². The number of ether oxygens (including phenoxy) is 2. The van der Waals surface area contributed by atoms with E-state index in [2.05, 4.69) is 74.6 Å². The lowest BCUT2D eigenvalue weighted by atomic mass is 10.1. The van der Waals surface area contributed by atoms with Crippen LogP contribution >= 0.6 is 7.82 Å². The predicted octanol–water partition coefficient (Wildman–Crippen LogP) is 13.4. The van der Waals surface area contributed by atoms with E-state index in [9.17, 15) is 19.0 Å². The quantitative estimate of drug-likeness (QED) is 0.0196. The minimum Gasteiger partial charge on any atom is -0.756 e. The van der Waals surface area contributed by atoms with Gasteiger partial charge in [0.2, 0.25) is 0 Å². The number of likely N-dealkylation sites (N-methyl/N-ethyl adjacent to an activating group) is 1. The minimum absolute atomic E-state index is 0.0360. The summed E-state index contributed by atoms with van der Waals surface area (Å²) in [5.74, 6) is -0.854. The molecule has 0 rings (SSSR count). The number of phosphoric acid groups is 1. The van der Waals surface area contributed by atoms with Crippen molar-refractivity contribution in [2.24, 2.45) is 0 Å². The van der Waals surface area contributed by atoms with Crippen molar-refractivity contribution < 1.29 is 42.1 Å². The van der Waals surface area contributed by atoms with Crippen LogP contribution in [0.4, 0.5) is 0 Å². The van der Waals surface area contributed by atoms with Gasteiger partial charge in [0.1, 0.15) is 19.8 Å². The third kappa shape index (κ3) is 45.2. The Morgan fingerprint density at radius 1 is 0.533 bits per heavy atom. The van der Waals surface area contributed by atoms with Crippen LogP contribution in [-0.2, 0) is 32.7 Å². The first-order valence-electron chi connectivity index (χ1n) is 24.0. The molecule has 0 heterocycles. The number of phosphoric ester groups is 1. The normalized spacial score (nSPS) is 14.0. The molecule has 2 atom stereocenters. The standard InChI is InChI=1S/C50H90NO8P/c1-6-8-10-12-14-16-18-20-22-23-24-25-26-27-29-31-33-35-37-39-41-43-50(53)59-48(47-58-60(54,55)57-45-44-51(3,4)5)46-56-49(52)42-40-38-36-34-32-30-28-21-19-17-15-13-11-9-7-2/h8,10,14,16,20-22,24-25,28,48H,6-7,9,11-13,15,17-19,23,26-27,29-47H2,1-5H3/b10-8-,16-14-,22-20-,25-24-,28-21-. The molecule has 0 fully saturated rings. The number of quaternary nitrogens is 1. The summed E-state index contributed by atoms with van der Waals surface area (Å²) in [6.07, 6.45) is 51.0. The molecular formula is C50H90NO8P. The molecular weight excluding hydrogens is 774 g/mol. The van der Waals surface area contributed by atoms with Gasteiger partial charge in [-0.3, -0.25) is 14.2 Å². The summed E-state index contributed by atoms with van der Waals surface area (Å²) in [5, 5.41) is 0. The molecule has 0 radical (unpaired) electrons. The first-order chi connectivity index (χ1) is 29.0. The number of carbonyl (C=O) groups excluding carboxylic acids is 2. The van der Waals surface area contributed by atoms with Crippen LogP contribution in [0.3, 0.4) is 0 Å². The summed E-state index contributed by atoms with van der Waals surface area (Å²) in [4.78, 5) is 37.6. The Hall–Kier alpha value is -2.29. The van der Waals surface area contributed by atoms with Crippen molar-refractivity contribution in [3.05, 3.63) is 60.8 Å². The van der Waals surface area contributed by atoms with E-state index in [4.69, 9.17) is 18.5 Å². The van der Waals surface area contributed by atoms with Crippen molar-refractivity contribution >= 4 is 19.8 Å². The molecule has 10 heteroatoms. The molecule has 9 nitrogen and oxygen atoms in total. The van der Waals surface area contributed by atoms with Gasteiger partial charge in [-0.15, -0.1) is 0 Å². The molecule has 0 saturated heterocycles. The third-order valence-corrected chi connectivity index (χ3v) is 11.0. The molecule has 0 spiro atoms. The molecule has 0 aromatic heterocycles. The van der Waals surface area contributed by atoms with E-state index in [1.165, 1.54) is 70.6 Å². The van der Waals surface area contributed by atoms with Crippen molar-refractivity contribution in [2.45, 2.75) is 200 Å². The number of unbranched alkanes of at least 4 members (excludes halogenated alkanes) is 19. The third-order valence-electron chi connectivity index (χ3n) is 10.0. The van der Waals surface area contributed by atoms with E-state index >= 15 is 0 Å². The molecule has 0 aromatic rings. The SMILES string of the molecule is CC/C=C\C/C=C\C/C=C\C/C=C\CCCCCCCCCCC(=O)OC(COC(=O)CCCCCCC/C=C\CCCCCCCC)COP(=O)([O-])OCC[N+](C)(C)C. The average Bonchev–Trinajstić information content (AvgIpc) is 3.20. The van der Waals surface area contributed by atoms with Crippen molar-refractivity contribution in [3.8, 4) is 0 Å². The lowest BCUT2D eigenvalue weighted by Gasteiger charge is -2.28. The van der Waals surface area contributed by atoms with Crippen LogP contribution in [0.2, 0.25) is 0 Å². The highest BCUT2D eigenvalue weighted by Gasteiger charge is 2.21. The fourth-order valence-electron chi connectivity index (χ4n) is 6.29. The van der Waals surface area contributed by atoms with Crippen LogP contribution < -0.4 is 4.89 Å². The molecule has 0 aliphatic rings. The number of rotatable bonds is 43. The van der Waals surface area contributed by atoms with E-state index in [0.29, 0.717) is 17.4 Å². The van der Waals surface area contributed by atoms with Gasteiger partial charge >= 0.3 is 11.9 Å². The number of carbonyl (C=O) groups is 2. The summed E-state index contributed by atoms with van der Waals surface area (Å²) in [5.41, 5.74) is 0. The van der Waals surface area contributed by atoms with Gasteiger partial charge in [0, 0.05) is 12.8 Å². The molecule has 2 unspecified atom stereocenters. The van der Waals surface area contributed by atoms with Gasteiger partial charge in [-0.2, -0.15) is 0 Å². The highest BCUT2D eigenvalue weighted by atomic mass is 31.2. The number of hydrogen-bond donors (Lipinski definition) is 0. The van der Waals surface area contributed by atoms with Crippen LogP contribution in [0.15, 0.2) is 60.8 Å². The largest absolute Gasteiger partial charge is 0.756 e. The zero-order valence-corrected chi connectivity index (χ0v) is 40.0. The van der Waals surface area contributed by atoms with Crippen LogP contribution in [-0.4, -0.2) is 70.0 Å². The molecule has 0 aromatic carbocycles. The maximum atomic E-state index is 12.7. The molecule has 60 heavy (non-hydrogen) atoms. The molecule has 0 bridgehead atoms. The van der Waals surface area contributed by atoms with Gasteiger partial charge < -0.3 is 27.9 Å². The highest BCUT2D eigenvalue weighted by Crippen LogP contribution is 2.38. The van der Waals surface area contributed by atoms with Gasteiger partial charge in [0.25, 0.3) is 7.82 Å². The molecule has 0 aliphatic heterocycles. The first-order valence-corrected chi connectivity index (χ1v) is 25.5. The average molecular weight is 864 g/mol. The molecule has 0 amide bonds. The zero-order chi connectivity index (χ0) is 44.3. The number of esters is 2. The maximum Gasteiger partial charge on any atom is 0.306 e. The van der Waals surface area contributed by atoms with E-state index in [1.54, 1.807) is 0 Å². The molecule has 0 saturated carbocycles. The van der Waals surface area contributed by atoms with E-state index in [-0.39, 0.29) is 26.1 Å². The van der Waals surface area contributed by atoms with Gasteiger partial charge in [-0.1, -0.05) is 164 Å². The Balaban J connectivity index is 4.32. The smallest absolute Gasteiger partial charge is 0.306 e. The Labute approximate surface area is 368 Å². The Bertz CT molecular complexity index is 1210. The second-order valence-electron chi connectivity index (χ2n) is 17.1. The van der Waals surface area contributed by atoms with Crippen LogP contribution in [0, 0.1) is 0 Å². The van der Waals surface area contributed by atoms with Gasteiger partial charge in [0.15, 0.2) is 6.10 Å². The monoisotopic (exact) mass is 864 g/mol. The summed E-state index contributed by atoms with van der Waals surface area (Å²) < 4.78 is 34.0. The van der Waals surface area contributed by atoms with E-state index in [0.717, 1.165) is 89.9 Å². The van der Waals surface area contributed by atoms with Crippen molar-refractivity contribution in [1.29, 1.82) is 0 Å². The fraction of sp³-hybridized carbons (Fsp3) is 0.760. The predicted molar refractivity (Wildman–Crippen MR) is 250 cm³/mol. The molecule has 348 valence electrons. The summed E-state index contributed by atoms with van der Waals surface area (Å²) in [6, 6.07) is 0. The minimum atomic E-state index is -4.63. The Kier molecular flexibility index (Phi) is 40.4. The maximum absolute atomic E-state index is 12.7. The van der Waals surface area contributed by atoms with Crippen LogP contribution in [0.1, 0.15) is 194 Å². The van der Waals surface area contributed by atoms with E-state index in [1.807, 2.05) is 21.1 Å². The second-order valence-corrected chi connectivity index (χ2v) is 18.5. The topological polar surface area (TPSA) is 111 Å². The molecule has 0 N–H and O–H groups in total. The van der Waals surface area contributed by atoms with Gasteiger partial charge in [-0.25, -0.2) is 0 Å². The van der Waals surface area contributed by atoms with Gasteiger partial charge in [0.05, 0.1) is 27.7 Å². The van der Waals surface area contributed by atoms with Crippen molar-refractivity contribution in [2.75, 3.05) is 47.5 Å². The highest BCUT2D eigenvalue weighted by molar-refractivity contribution is 7.45. The molecule has 0 aliphatic carbocycles. The zero-order valence-electron chi connectivity index (χ0n) is 39.1. The Morgan fingerprint density at radius 3 is 1.43 bits per heavy atom. The lowest BCUT2D eigenvalue weighted by molar-refractivity contribution is -0.870. The fourth-order valence-corrected chi connectivity index (χ4v) is 7.02. The summed E-state index contributed by atoms with van der Waals surface area (Å²) in [7, 11) is 1.15. The van der Waals surface area contributed by atoms with Gasteiger partial charge in [-0.05, 0) is 77.0 Å². The number of allylic oxidation sites excluding steroid dienone is 10. The van der Waals surface area contributed by atoms with Crippen molar-refractivity contribution in [1.82, 2.24) is 0 Å². The first kappa shape index (κ1) is 57.7. The lowest BCUT2D eigenvalue weighted by Crippen LogP contribution is -2.37. The summed E-state index contributed by atoms with van der Waals surface area (Å²) >= 11 is 0. The van der Waals surface area contributed by atoms with Crippen molar-refractivity contribution in [3.63, 3.8) is 0 Å².